The Morgan fingerprint density at radius 3 is 2.33 bits per heavy atom. The normalized spacial score (nSPS) is 18.7. The van der Waals surface area contributed by atoms with Gasteiger partial charge in [-0.15, -0.1) is 6.58 Å². The summed E-state index contributed by atoms with van der Waals surface area (Å²) in [6, 6.07) is 26.0. The van der Waals surface area contributed by atoms with Crippen molar-refractivity contribution in [2.24, 2.45) is 5.92 Å². The fraction of sp³-hybridized carbons (Fsp3) is 0.273. The molecular formula is C44H44N6O7S. The van der Waals surface area contributed by atoms with Crippen LogP contribution < -0.4 is 5.32 Å². The Labute approximate surface area is 336 Å². The number of hydrazine groups is 1. The quantitative estimate of drug-likeness (QED) is 0.129. The number of phenolic OH excluding ortho intramolecular Hbond substituents is 1. The summed E-state index contributed by atoms with van der Waals surface area (Å²) in [5, 5.41) is 16.5. The number of carbonyl (C=O) groups is 4. The maximum absolute atomic E-state index is 14.8. The molecule has 2 saturated heterocycles. The van der Waals surface area contributed by atoms with Crippen molar-refractivity contribution in [2.75, 3.05) is 19.6 Å². The molecule has 298 valence electrons. The van der Waals surface area contributed by atoms with Gasteiger partial charge in [-0.1, -0.05) is 84.4 Å². The number of aryl methyl sites for hydroxylation is 1. The highest BCUT2D eigenvalue weighted by atomic mass is 32.2. The van der Waals surface area contributed by atoms with E-state index in [0.717, 1.165) is 27.9 Å². The second-order valence-electron chi connectivity index (χ2n) is 15.1. The number of nitrogens with zero attached hydrogens (tertiary/aromatic N) is 5. The summed E-state index contributed by atoms with van der Waals surface area (Å²) < 4.78 is 30.0. The molecular weight excluding hydrogens is 757 g/mol. The number of piperazine rings is 1. The molecule has 13 nitrogen and oxygen atoms in total. The number of carbonyl (C=O) groups excluding carboxylic acids is 4. The molecule has 3 fully saturated rings. The van der Waals surface area contributed by atoms with Crippen LogP contribution in [0.15, 0.2) is 121 Å². The first-order valence-corrected chi connectivity index (χ1v) is 20.7. The minimum absolute atomic E-state index is 0.0461. The summed E-state index contributed by atoms with van der Waals surface area (Å²) in [5.74, 6) is -1.01. The molecule has 0 spiro atoms. The van der Waals surface area contributed by atoms with E-state index in [0.29, 0.717) is 22.1 Å². The van der Waals surface area contributed by atoms with Gasteiger partial charge < -0.3 is 20.2 Å². The van der Waals surface area contributed by atoms with E-state index in [1.807, 2.05) is 37.3 Å². The van der Waals surface area contributed by atoms with Gasteiger partial charge in [0.25, 0.3) is 10.0 Å². The van der Waals surface area contributed by atoms with Crippen LogP contribution in [0, 0.1) is 12.8 Å². The van der Waals surface area contributed by atoms with E-state index >= 15 is 0 Å². The lowest BCUT2D eigenvalue weighted by Crippen LogP contribution is -2.76. The zero-order chi connectivity index (χ0) is 40.7. The van der Waals surface area contributed by atoms with Crippen LogP contribution in [0.3, 0.4) is 0 Å². The molecule has 1 aromatic heterocycles. The van der Waals surface area contributed by atoms with Crippen molar-refractivity contribution in [1.29, 1.82) is 0 Å². The number of para-hydroxylation sites is 1. The van der Waals surface area contributed by atoms with Gasteiger partial charge in [0.15, 0.2) is 5.78 Å². The highest BCUT2D eigenvalue weighted by molar-refractivity contribution is 7.90. The van der Waals surface area contributed by atoms with Crippen LogP contribution in [-0.4, -0.2) is 92.8 Å². The van der Waals surface area contributed by atoms with Gasteiger partial charge in [-0.3, -0.25) is 14.4 Å². The average Bonchev–Trinajstić information content (AvgIpc) is 3.99. The Kier molecular flexibility index (Phi) is 10.4. The van der Waals surface area contributed by atoms with Gasteiger partial charge in [0, 0.05) is 49.1 Å². The van der Waals surface area contributed by atoms with Crippen molar-refractivity contribution in [3.63, 3.8) is 0 Å². The van der Waals surface area contributed by atoms with Crippen LogP contribution >= 0.6 is 0 Å². The van der Waals surface area contributed by atoms with Crippen molar-refractivity contribution in [3.05, 3.63) is 144 Å². The van der Waals surface area contributed by atoms with Crippen molar-refractivity contribution in [1.82, 2.24) is 29.1 Å². The molecule has 4 aromatic carbocycles. The third-order valence-electron chi connectivity index (χ3n) is 11.1. The fourth-order valence-electron chi connectivity index (χ4n) is 7.98. The predicted octanol–water partition coefficient (Wildman–Crippen LogP) is 5.22. The maximum Gasteiger partial charge on any atom is 0.334 e. The first-order valence-electron chi connectivity index (χ1n) is 19.3. The van der Waals surface area contributed by atoms with E-state index in [9.17, 15) is 32.7 Å². The lowest BCUT2D eigenvalue weighted by Gasteiger charge is -2.55. The van der Waals surface area contributed by atoms with Gasteiger partial charge in [0.2, 0.25) is 11.8 Å². The smallest absolute Gasteiger partial charge is 0.334 e. The number of aromatic hydroxyl groups is 1. The van der Waals surface area contributed by atoms with E-state index in [1.54, 1.807) is 58.4 Å². The minimum atomic E-state index is -4.21. The second kappa shape index (κ2) is 15.6. The van der Waals surface area contributed by atoms with Gasteiger partial charge in [-0.05, 0) is 60.7 Å². The number of rotatable bonds is 12. The van der Waals surface area contributed by atoms with E-state index in [2.05, 4.69) is 11.9 Å². The number of nitrogens with one attached hydrogen (secondary N) is 1. The molecule has 0 unspecified atom stereocenters. The molecule has 8 rings (SSSR count). The fourth-order valence-corrected chi connectivity index (χ4v) is 9.39. The number of hydrogen-bond donors (Lipinski definition) is 2. The van der Waals surface area contributed by atoms with Crippen molar-refractivity contribution in [2.45, 2.75) is 56.4 Å². The molecule has 3 heterocycles. The number of benzene rings is 4. The Bertz CT molecular complexity index is 2520. The second-order valence-corrected chi connectivity index (χ2v) is 16.9. The SMILES string of the molecule is C=CCN1CC(=O)N2[C@@H](Cc3ccc(O)cc3)C(=O)N(Cc3cccc4c(C(=O)C5CC5)cn(S(=O)(=O)c5ccc(C)cc5)c34)C[C@@H]2N1C(=O)NCc1ccccc1. The predicted molar refractivity (Wildman–Crippen MR) is 217 cm³/mol. The first kappa shape index (κ1) is 38.6. The van der Waals surface area contributed by atoms with Crippen LogP contribution in [0.2, 0.25) is 0 Å². The number of amides is 4. The van der Waals surface area contributed by atoms with Crippen molar-refractivity contribution < 1.29 is 32.7 Å². The zero-order valence-corrected chi connectivity index (χ0v) is 32.8. The van der Waals surface area contributed by atoms with Crippen LogP contribution in [0.5, 0.6) is 5.75 Å². The number of fused-ring (bicyclic) bond motifs is 2. The lowest BCUT2D eigenvalue weighted by molar-refractivity contribution is -0.189. The Hall–Kier alpha value is -6.25. The summed E-state index contributed by atoms with van der Waals surface area (Å²) in [6.07, 6.45) is 3.60. The molecule has 2 atom stereocenters. The van der Waals surface area contributed by atoms with Gasteiger partial charge >= 0.3 is 6.03 Å². The lowest BCUT2D eigenvalue weighted by atomic mass is 9.98. The van der Waals surface area contributed by atoms with E-state index in [4.69, 9.17) is 0 Å². The maximum atomic E-state index is 14.8. The number of phenols is 1. The highest BCUT2D eigenvalue weighted by Crippen LogP contribution is 2.38. The Balaban J connectivity index is 1.22. The number of hydrogen-bond acceptors (Lipinski definition) is 8. The highest BCUT2D eigenvalue weighted by Gasteiger charge is 2.51. The molecule has 58 heavy (non-hydrogen) atoms. The average molecular weight is 801 g/mol. The van der Waals surface area contributed by atoms with Crippen LogP contribution in [0.25, 0.3) is 10.9 Å². The molecule has 4 amide bonds. The Morgan fingerprint density at radius 2 is 1.64 bits per heavy atom. The molecule has 0 radical (unpaired) electrons. The number of ketones is 1. The number of Topliss-reactive ketones (excluding diaryl/α,β-unsaturated/α-hetero) is 1. The van der Waals surface area contributed by atoms with Crippen LogP contribution in [0.1, 0.15) is 45.5 Å². The summed E-state index contributed by atoms with van der Waals surface area (Å²) in [5.41, 5.74) is 3.49. The van der Waals surface area contributed by atoms with Crippen molar-refractivity contribution in [3.8, 4) is 5.75 Å². The molecule has 14 heteroatoms. The van der Waals surface area contributed by atoms with Crippen LogP contribution in [0.4, 0.5) is 4.79 Å². The summed E-state index contributed by atoms with van der Waals surface area (Å²) in [6.45, 7) is 5.74. The van der Waals surface area contributed by atoms with Gasteiger partial charge in [0.1, 0.15) is 18.0 Å². The molecule has 0 bridgehead atoms. The molecule has 5 aromatic rings. The first-order chi connectivity index (χ1) is 27.9. The minimum Gasteiger partial charge on any atom is -0.508 e. The largest absolute Gasteiger partial charge is 0.508 e. The number of urea groups is 1. The molecule has 1 aliphatic carbocycles. The van der Waals surface area contributed by atoms with E-state index in [-0.39, 0.29) is 72.9 Å². The summed E-state index contributed by atoms with van der Waals surface area (Å²) >= 11 is 0. The molecule has 1 saturated carbocycles. The summed E-state index contributed by atoms with van der Waals surface area (Å²) in [7, 11) is -4.21. The number of aromatic nitrogens is 1. The van der Waals surface area contributed by atoms with E-state index < -0.39 is 34.2 Å². The van der Waals surface area contributed by atoms with Gasteiger partial charge in [-0.2, -0.15) is 0 Å². The molecule has 3 aliphatic rings. The monoisotopic (exact) mass is 800 g/mol. The standard InChI is InChI=1S/C44H44N6O7S/c1-3-22-47-28-40(52)49-38(23-30-14-18-34(51)19-15-30)43(54)46(27-39(49)50(47)44(55)45-24-31-8-5-4-6-9-31)25-33-10-7-11-36-37(42(53)32-16-17-32)26-48(41(33)36)58(56,57)35-20-12-29(2)13-21-35/h3-15,18-21,26,32,38-39,51H,1,16-17,22-25,27-28H2,2H3,(H,45,55)/t38-,39-/m0/s1. The third kappa shape index (κ3) is 7.36. The van der Waals surface area contributed by atoms with Gasteiger partial charge in [-0.25, -0.2) is 27.2 Å². The Morgan fingerprint density at radius 1 is 0.914 bits per heavy atom. The third-order valence-corrected chi connectivity index (χ3v) is 12.7. The van der Waals surface area contributed by atoms with Crippen molar-refractivity contribution >= 4 is 44.6 Å². The van der Waals surface area contributed by atoms with Gasteiger partial charge in [0.05, 0.1) is 23.5 Å². The molecule has 2 N–H and O–H groups in total. The molecule has 2 aliphatic heterocycles. The zero-order valence-electron chi connectivity index (χ0n) is 32.0. The summed E-state index contributed by atoms with van der Waals surface area (Å²) in [4.78, 5) is 60.0. The van der Waals surface area contributed by atoms with E-state index in [1.165, 1.54) is 40.4 Å². The van der Waals surface area contributed by atoms with Crippen LogP contribution in [-0.2, 0) is 39.1 Å². The topological polar surface area (TPSA) is 153 Å².